The summed E-state index contributed by atoms with van der Waals surface area (Å²) >= 11 is 0. The molecule has 0 aliphatic carbocycles. The molecule has 38 heavy (non-hydrogen) atoms. The number of benzene rings is 2. The highest BCUT2D eigenvalue weighted by molar-refractivity contribution is 5.96. The molecule has 0 unspecified atom stereocenters. The highest BCUT2D eigenvalue weighted by atomic mass is 16.5. The maximum atomic E-state index is 13.2. The summed E-state index contributed by atoms with van der Waals surface area (Å²) in [5.41, 5.74) is 3.21. The monoisotopic (exact) mass is 521 g/mol. The number of nitrogens with one attached hydrogen (secondary N) is 2. The van der Waals surface area contributed by atoms with Crippen LogP contribution in [-0.4, -0.2) is 60.5 Å². The van der Waals surface area contributed by atoms with Crippen molar-refractivity contribution in [1.29, 1.82) is 0 Å². The van der Waals surface area contributed by atoms with Gasteiger partial charge < -0.3 is 25.0 Å². The van der Waals surface area contributed by atoms with E-state index >= 15 is 0 Å². The average molecular weight is 522 g/mol. The highest BCUT2D eigenvalue weighted by Crippen LogP contribution is 2.27. The van der Waals surface area contributed by atoms with E-state index in [2.05, 4.69) is 45.3 Å². The first-order valence-corrected chi connectivity index (χ1v) is 12.7. The third-order valence-corrected chi connectivity index (χ3v) is 6.08. The first kappa shape index (κ1) is 28.7. The number of methoxy groups -OCH3 is 2. The second-order valence-electron chi connectivity index (χ2n) is 10.4. The summed E-state index contributed by atoms with van der Waals surface area (Å²) in [5.74, 6) is 1.29. The maximum Gasteiger partial charge on any atom is 0.322 e. The normalized spacial score (nSPS) is 11.4. The number of aromatic nitrogens is 2. The standard InChI is InChI=1S/C29H39N5O4/c1-20(2)21-8-10-22(11-9-21)30-28(36)33(16-17-37-6)19-27(35)31-26-18-25(29(3,4)5)32-34(26)23-12-14-24(38-7)15-13-23/h8-15,18,20H,16-17,19H2,1-7H3,(H,30,36)(H,31,35). The van der Waals surface area contributed by atoms with Crippen LogP contribution in [0.3, 0.4) is 0 Å². The minimum absolute atomic E-state index is 0.155. The van der Waals surface area contributed by atoms with Gasteiger partial charge in [0.05, 0.1) is 25.1 Å². The molecule has 0 saturated carbocycles. The van der Waals surface area contributed by atoms with Crippen LogP contribution in [0, 0.1) is 0 Å². The van der Waals surface area contributed by atoms with Crippen LogP contribution in [0.4, 0.5) is 16.3 Å². The van der Waals surface area contributed by atoms with Crippen LogP contribution < -0.4 is 15.4 Å². The molecule has 1 aromatic heterocycles. The molecule has 0 aliphatic heterocycles. The van der Waals surface area contributed by atoms with Crippen LogP contribution in [-0.2, 0) is 14.9 Å². The van der Waals surface area contributed by atoms with E-state index in [4.69, 9.17) is 14.6 Å². The van der Waals surface area contributed by atoms with E-state index in [0.29, 0.717) is 24.0 Å². The highest BCUT2D eigenvalue weighted by Gasteiger charge is 2.23. The molecular formula is C29H39N5O4. The molecule has 3 aromatic rings. The fraction of sp³-hybridized carbons (Fsp3) is 0.414. The summed E-state index contributed by atoms with van der Waals surface area (Å²) < 4.78 is 12.1. The zero-order valence-corrected chi connectivity index (χ0v) is 23.4. The number of ether oxygens (including phenoxy) is 2. The zero-order valence-electron chi connectivity index (χ0n) is 23.4. The van der Waals surface area contributed by atoms with Crippen LogP contribution in [0.5, 0.6) is 5.75 Å². The van der Waals surface area contributed by atoms with Gasteiger partial charge in [0.15, 0.2) is 0 Å². The molecule has 0 spiro atoms. The summed E-state index contributed by atoms with van der Waals surface area (Å²) in [6, 6.07) is 16.6. The van der Waals surface area contributed by atoms with E-state index < -0.39 is 0 Å². The smallest absolute Gasteiger partial charge is 0.322 e. The van der Waals surface area contributed by atoms with Gasteiger partial charge in [-0.25, -0.2) is 9.48 Å². The van der Waals surface area contributed by atoms with Crippen LogP contribution in [0.2, 0.25) is 0 Å². The number of hydrogen-bond donors (Lipinski definition) is 2. The van der Waals surface area contributed by atoms with Crippen molar-refractivity contribution in [2.45, 2.75) is 46.0 Å². The third-order valence-electron chi connectivity index (χ3n) is 6.08. The Hall–Kier alpha value is -3.85. The number of anilines is 2. The molecule has 3 rings (SSSR count). The molecule has 204 valence electrons. The minimum atomic E-state index is -0.381. The largest absolute Gasteiger partial charge is 0.497 e. The third kappa shape index (κ3) is 7.58. The van der Waals surface area contributed by atoms with Crippen LogP contribution in [0.15, 0.2) is 54.6 Å². The van der Waals surface area contributed by atoms with Gasteiger partial charge in [0, 0.05) is 30.8 Å². The SMILES string of the molecule is COCCN(CC(=O)Nc1cc(C(C)(C)C)nn1-c1ccc(OC)cc1)C(=O)Nc1ccc(C(C)C)cc1. The fourth-order valence-corrected chi connectivity index (χ4v) is 3.72. The van der Waals surface area contributed by atoms with Gasteiger partial charge in [-0.3, -0.25) is 4.79 Å². The average Bonchev–Trinajstić information content (AvgIpc) is 3.31. The van der Waals surface area contributed by atoms with Crippen molar-refractivity contribution in [2.24, 2.45) is 0 Å². The summed E-state index contributed by atoms with van der Waals surface area (Å²) in [6.07, 6.45) is 0. The molecule has 9 nitrogen and oxygen atoms in total. The van der Waals surface area contributed by atoms with Crippen molar-refractivity contribution in [2.75, 3.05) is 44.5 Å². The van der Waals surface area contributed by atoms with Crippen LogP contribution in [0.25, 0.3) is 5.69 Å². The summed E-state index contributed by atoms with van der Waals surface area (Å²) in [4.78, 5) is 27.7. The Bertz CT molecular complexity index is 1210. The van der Waals surface area contributed by atoms with E-state index in [0.717, 1.165) is 17.1 Å². The summed E-state index contributed by atoms with van der Waals surface area (Å²) in [6.45, 7) is 10.8. The number of nitrogens with zero attached hydrogens (tertiary/aromatic N) is 3. The predicted octanol–water partition coefficient (Wildman–Crippen LogP) is 5.42. The van der Waals surface area contributed by atoms with Gasteiger partial charge in [-0.05, 0) is 47.9 Å². The van der Waals surface area contributed by atoms with E-state index in [1.165, 1.54) is 10.5 Å². The number of hydrogen-bond acceptors (Lipinski definition) is 5. The first-order chi connectivity index (χ1) is 18.0. The van der Waals surface area contributed by atoms with E-state index in [9.17, 15) is 9.59 Å². The molecule has 0 atom stereocenters. The lowest BCUT2D eigenvalue weighted by atomic mass is 9.92. The van der Waals surface area contributed by atoms with Gasteiger partial charge in [0.25, 0.3) is 0 Å². The van der Waals surface area contributed by atoms with Crippen molar-refractivity contribution < 1.29 is 19.1 Å². The van der Waals surface area contributed by atoms with Crippen LogP contribution >= 0.6 is 0 Å². The molecule has 0 fully saturated rings. The van der Waals surface area contributed by atoms with Gasteiger partial charge in [-0.2, -0.15) is 5.10 Å². The Morgan fingerprint density at radius 1 is 1.00 bits per heavy atom. The minimum Gasteiger partial charge on any atom is -0.497 e. The van der Waals surface area contributed by atoms with E-state index in [1.807, 2.05) is 54.6 Å². The Balaban J connectivity index is 1.78. The lowest BCUT2D eigenvalue weighted by Crippen LogP contribution is -2.42. The zero-order chi connectivity index (χ0) is 27.9. The molecule has 2 aromatic carbocycles. The van der Waals surface area contributed by atoms with E-state index in [-0.39, 0.29) is 30.4 Å². The lowest BCUT2D eigenvalue weighted by Gasteiger charge is -2.22. The molecule has 1 heterocycles. The molecule has 0 radical (unpaired) electrons. The van der Waals surface area contributed by atoms with Gasteiger partial charge >= 0.3 is 6.03 Å². The molecule has 2 N–H and O–H groups in total. The Kier molecular flexibility index (Phi) is 9.52. The van der Waals surface area contributed by atoms with Crippen molar-refractivity contribution in [3.05, 3.63) is 65.9 Å². The lowest BCUT2D eigenvalue weighted by molar-refractivity contribution is -0.116. The quantitative estimate of drug-likeness (QED) is 0.371. The van der Waals surface area contributed by atoms with Gasteiger partial charge in [0.1, 0.15) is 18.1 Å². The maximum absolute atomic E-state index is 13.2. The number of carbonyl (C=O) groups is 2. The van der Waals surface area contributed by atoms with Gasteiger partial charge in [0.2, 0.25) is 5.91 Å². The predicted molar refractivity (Wildman–Crippen MR) is 150 cm³/mol. The number of urea groups is 1. The van der Waals surface area contributed by atoms with E-state index in [1.54, 1.807) is 18.9 Å². The molecule has 3 amide bonds. The molecule has 0 saturated heterocycles. The Morgan fingerprint density at radius 2 is 1.66 bits per heavy atom. The van der Waals surface area contributed by atoms with Crippen molar-refractivity contribution >= 4 is 23.4 Å². The number of rotatable bonds is 10. The Labute approximate surface area is 225 Å². The molecular weight excluding hydrogens is 482 g/mol. The topological polar surface area (TPSA) is 97.7 Å². The second kappa shape index (κ2) is 12.6. The van der Waals surface area contributed by atoms with Crippen molar-refractivity contribution in [3.8, 4) is 11.4 Å². The molecule has 0 bridgehead atoms. The fourth-order valence-electron chi connectivity index (χ4n) is 3.72. The van der Waals surface area contributed by atoms with Crippen molar-refractivity contribution in [1.82, 2.24) is 14.7 Å². The molecule has 9 heteroatoms. The van der Waals surface area contributed by atoms with Gasteiger partial charge in [-0.1, -0.05) is 46.8 Å². The summed E-state index contributed by atoms with van der Waals surface area (Å²) in [5, 5.41) is 10.6. The number of amides is 3. The van der Waals surface area contributed by atoms with Crippen LogP contribution in [0.1, 0.15) is 51.8 Å². The van der Waals surface area contributed by atoms with Gasteiger partial charge in [-0.15, -0.1) is 0 Å². The number of carbonyl (C=O) groups excluding carboxylic acids is 2. The summed E-state index contributed by atoms with van der Waals surface area (Å²) in [7, 11) is 3.17. The Morgan fingerprint density at radius 3 is 2.21 bits per heavy atom. The molecule has 0 aliphatic rings. The second-order valence-corrected chi connectivity index (χ2v) is 10.4. The van der Waals surface area contributed by atoms with Crippen molar-refractivity contribution in [3.63, 3.8) is 0 Å². The first-order valence-electron chi connectivity index (χ1n) is 12.7.